The van der Waals surface area contributed by atoms with Gasteiger partial charge in [0.25, 0.3) is 0 Å². The lowest BCUT2D eigenvalue weighted by atomic mass is 10.1. The molecular weight excluding hydrogens is 252 g/mol. The molecule has 0 amide bonds. The highest BCUT2D eigenvalue weighted by Crippen LogP contribution is 2.32. The van der Waals surface area contributed by atoms with E-state index in [-0.39, 0.29) is 0 Å². The van der Waals surface area contributed by atoms with E-state index < -0.39 is 0 Å². The van der Waals surface area contributed by atoms with Gasteiger partial charge in [0.05, 0.1) is 11.7 Å². The van der Waals surface area contributed by atoms with Crippen molar-refractivity contribution < 1.29 is 0 Å². The van der Waals surface area contributed by atoms with E-state index in [2.05, 4.69) is 35.6 Å². The number of aryl methyl sites for hydroxylation is 3. The Kier molecular flexibility index (Phi) is 3.95. The number of nitrogens with zero attached hydrogens (tertiary/aromatic N) is 1. The predicted molar refractivity (Wildman–Crippen MR) is 80.7 cm³/mol. The summed E-state index contributed by atoms with van der Waals surface area (Å²) in [6.07, 6.45) is 5.94. The minimum Gasteiger partial charge on any atom is -0.311 e. The van der Waals surface area contributed by atoms with Gasteiger partial charge in [-0.15, -0.1) is 11.3 Å². The molecule has 2 aromatic rings. The molecule has 19 heavy (non-hydrogen) atoms. The lowest BCUT2D eigenvalue weighted by Gasteiger charge is -2.13. The lowest BCUT2D eigenvalue weighted by Crippen LogP contribution is -2.17. The number of rotatable bonds is 5. The molecule has 0 radical (unpaired) electrons. The third kappa shape index (κ3) is 2.88. The van der Waals surface area contributed by atoms with E-state index in [1.165, 1.54) is 40.4 Å². The average molecular weight is 272 g/mol. The van der Waals surface area contributed by atoms with Crippen LogP contribution in [0.15, 0.2) is 30.3 Å². The summed E-state index contributed by atoms with van der Waals surface area (Å²) < 4.78 is 0. The zero-order chi connectivity index (χ0) is 13.1. The van der Waals surface area contributed by atoms with Gasteiger partial charge >= 0.3 is 0 Å². The minimum atomic E-state index is 0.399. The van der Waals surface area contributed by atoms with Crippen molar-refractivity contribution in [2.45, 2.75) is 38.1 Å². The molecule has 1 atom stereocenters. The number of benzene rings is 1. The number of fused-ring (bicyclic) bond motifs is 1. The molecule has 1 heterocycles. The molecule has 1 unspecified atom stereocenters. The second-order valence-corrected chi connectivity index (χ2v) is 6.26. The molecule has 0 spiro atoms. The maximum atomic E-state index is 4.83. The summed E-state index contributed by atoms with van der Waals surface area (Å²) in [6, 6.07) is 11.1. The van der Waals surface area contributed by atoms with Crippen LogP contribution in [-0.4, -0.2) is 12.0 Å². The molecule has 1 aromatic heterocycles. The van der Waals surface area contributed by atoms with Crippen molar-refractivity contribution in [2.75, 3.05) is 7.05 Å². The molecule has 0 saturated carbocycles. The molecule has 0 saturated heterocycles. The van der Waals surface area contributed by atoms with E-state index in [1.54, 1.807) is 0 Å². The fourth-order valence-electron chi connectivity index (χ4n) is 2.71. The van der Waals surface area contributed by atoms with Gasteiger partial charge in [-0.2, -0.15) is 0 Å². The molecule has 100 valence electrons. The average Bonchev–Trinajstić information content (AvgIpc) is 3.02. The van der Waals surface area contributed by atoms with Gasteiger partial charge in [0.2, 0.25) is 0 Å². The first kappa shape index (κ1) is 12.8. The first-order chi connectivity index (χ1) is 9.36. The van der Waals surface area contributed by atoms with Crippen LogP contribution >= 0.6 is 11.3 Å². The molecule has 1 aromatic carbocycles. The Morgan fingerprint density at radius 1 is 1.26 bits per heavy atom. The standard InChI is InChI=1S/C16H20N2S/c1-17-14(11-10-12-6-3-2-4-7-12)16-18-13-8-5-9-15(13)19-16/h2-4,6-7,14,17H,5,8-11H2,1H3. The molecule has 3 rings (SSSR count). The summed E-state index contributed by atoms with van der Waals surface area (Å²) in [4.78, 5) is 6.35. The Morgan fingerprint density at radius 2 is 2.11 bits per heavy atom. The Balaban J connectivity index is 1.67. The molecule has 0 aliphatic heterocycles. The summed E-state index contributed by atoms with van der Waals surface area (Å²) >= 11 is 1.92. The van der Waals surface area contributed by atoms with Crippen LogP contribution in [0.5, 0.6) is 0 Å². The van der Waals surface area contributed by atoms with Crippen LogP contribution in [0.25, 0.3) is 0 Å². The Hall–Kier alpha value is -1.19. The van der Waals surface area contributed by atoms with Gasteiger partial charge in [-0.3, -0.25) is 0 Å². The fraction of sp³-hybridized carbons (Fsp3) is 0.438. The van der Waals surface area contributed by atoms with Crippen LogP contribution in [0.3, 0.4) is 0 Å². The molecule has 3 heteroatoms. The fourth-order valence-corrected chi connectivity index (χ4v) is 4.00. The molecule has 1 N–H and O–H groups in total. The van der Waals surface area contributed by atoms with E-state index in [1.807, 2.05) is 18.4 Å². The molecule has 2 nitrogen and oxygen atoms in total. The number of nitrogens with one attached hydrogen (secondary N) is 1. The highest BCUT2D eigenvalue weighted by atomic mass is 32.1. The first-order valence-electron chi connectivity index (χ1n) is 7.06. The van der Waals surface area contributed by atoms with Gasteiger partial charge in [0, 0.05) is 4.88 Å². The van der Waals surface area contributed by atoms with E-state index in [0.29, 0.717) is 6.04 Å². The van der Waals surface area contributed by atoms with Crippen LogP contribution in [0.2, 0.25) is 0 Å². The Bertz CT molecular complexity index is 511. The summed E-state index contributed by atoms with van der Waals surface area (Å²) in [5.74, 6) is 0. The van der Waals surface area contributed by atoms with Gasteiger partial charge in [-0.1, -0.05) is 30.3 Å². The van der Waals surface area contributed by atoms with E-state index in [4.69, 9.17) is 4.98 Å². The molecule has 1 aliphatic rings. The van der Waals surface area contributed by atoms with Gasteiger partial charge in [-0.25, -0.2) is 4.98 Å². The number of thiazole rings is 1. The minimum absolute atomic E-state index is 0.399. The van der Waals surface area contributed by atoms with Crippen LogP contribution in [-0.2, 0) is 19.3 Å². The summed E-state index contributed by atoms with van der Waals surface area (Å²) in [5.41, 5.74) is 2.77. The number of hydrogen-bond acceptors (Lipinski definition) is 3. The highest BCUT2D eigenvalue weighted by Gasteiger charge is 2.20. The van der Waals surface area contributed by atoms with Crippen molar-refractivity contribution in [3.63, 3.8) is 0 Å². The van der Waals surface area contributed by atoms with Crippen molar-refractivity contribution in [1.82, 2.24) is 10.3 Å². The molecule has 0 bridgehead atoms. The smallest absolute Gasteiger partial charge is 0.110 e. The van der Waals surface area contributed by atoms with E-state index in [0.717, 1.165) is 12.8 Å². The van der Waals surface area contributed by atoms with E-state index in [9.17, 15) is 0 Å². The Labute approximate surface area is 118 Å². The quantitative estimate of drug-likeness (QED) is 0.900. The van der Waals surface area contributed by atoms with Gasteiger partial charge in [0.1, 0.15) is 5.01 Å². The number of aromatic nitrogens is 1. The maximum Gasteiger partial charge on any atom is 0.110 e. The van der Waals surface area contributed by atoms with Crippen molar-refractivity contribution in [3.05, 3.63) is 51.5 Å². The topological polar surface area (TPSA) is 24.9 Å². The SMILES string of the molecule is CNC(CCc1ccccc1)c1nc2c(s1)CCC2. The largest absolute Gasteiger partial charge is 0.311 e. The third-order valence-corrected chi connectivity index (χ3v) is 5.09. The van der Waals surface area contributed by atoms with Crippen LogP contribution in [0.1, 0.15) is 40.0 Å². The summed E-state index contributed by atoms with van der Waals surface area (Å²) in [5, 5.41) is 4.71. The monoisotopic (exact) mass is 272 g/mol. The van der Waals surface area contributed by atoms with Crippen LogP contribution < -0.4 is 5.32 Å². The highest BCUT2D eigenvalue weighted by molar-refractivity contribution is 7.11. The van der Waals surface area contributed by atoms with E-state index >= 15 is 0 Å². The van der Waals surface area contributed by atoms with Crippen LogP contribution in [0.4, 0.5) is 0 Å². The lowest BCUT2D eigenvalue weighted by molar-refractivity contribution is 0.545. The second-order valence-electron chi connectivity index (χ2n) is 5.14. The number of hydrogen-bond donors (Lipinski definition) is 1. The molecule has 1 aliphatic carbocycles. The van der Waals surface area contributed by atoms with Gasteiger partial charge < -0.3 is 5.32 Å². The zero-order valence-corrected chi connectivity index (χ0v) is 12.2. The summed E-state index contributed by atoms with van der Waals surface area (Å²) in [7, 11) is 2.04. The first-order valence-corrected chi connectivity index (χ1v) is 7.88. The third-order valence-electron chi connectivity index (χ3n) is 3.82. The van der Waals surface area contributed by atoms with Crippen molar-refractivity contribution >= 4 is 11.3 Å². The summed E-state index contributed by atoms with van der Waals surface area (Å²) in [6.45, 7) is 0. The Morgan fingerprint density at radius 3 is 2.84 bits per heavy atom. The second kappa shape index (κ2) is 5.85. The normalized spacial score (nSPS) is 15.4. The van der Waals surface area contributed by atoms with Gasteiger partial charge in [-0.05, 0) is 44.7 Å². The van der Waals surface area contributed by atoms with Crippen molar-refractivity contribution in [3.8, 4) is 0 Å². The maximum absolute atomic E-state index is 4.83. The van der Waals surface area contributed by atoms with Crippen molar-refractivity contribution in [1.29, 1.82) is 0 Å². The van der Waals surface area contributed by atoms with Gasteiger partial charge in [0.15, 0.2) is 0 Å². The predicted octanol–water partition coefficient (Wildman–Crippen LogP) is 3.53. The van der Waals surface area contributed by atoms with Crippen molar-refractivity contribution in [2.24, 2.45) is 0 Å². The molecular formula is C16H20N2S. The zero-order valence-electron chi connectivity index (χ0n) is 11.4. The van der Waals surface area contributed by atoms with Crippen LogP contribution in [0, 0.1) is 0 Å². The molecule has 0 fully saturated rings.